The predicted molar refractivity (Wildman–Crippen MR) is 131 cm³/mol. The highest BCUT2D eigenvalue weighted by Crippen LogP contribution is 2.40. The Bertz CT molecular complexity index is 1120. The molecule has 1 unspecified atom stereocenters. The number of carbonyl (C=O) groups is 1. The summed E-state index contributed by atoms with van der Waals surface area (Å²) in [6, 6.07) is 8.97. The van der Waals surface area contributed by atoms with Crippen molar-refractivity contribution in [2.45, 2.75) is 26.2 Å². The zero-order valence-electron chi connectivity index (χ0n) is 18.9. The molecule has 0 saturated carbocycles. The van der Waals surface area contributed by atoms with E-state index in [9.17, 15) is 15.0 Å². The number of aliphatic imine (C=N–C) groups is 1. The SMILES string of the molecule is CC/C=C/C(C)c1cc(-c2cc(/C=C3\SC(N(C)C)=NC3=O)c(O)c(OC)c2)ccc1O. The van der Waals surface area contributed by atoms with Gasteiger partial charge in [0.2, 0.25) is 0 Å². The summed E-state index contributed by atoms with van der Waals surface area (Å²) in [4.78, 5) is 18.5. The van der Waals surface area contributed by atoms with E-state index in [-0.39, 0.29) is 23.3 Å². The first-order valence-corrected chi connectivity index (χ1v) is 11.2. The molecule has 1 amide bonds. The Balaban J connectivity index is 2.06. The smallest absolute Gasteiger partial charge is 0.286 e. The highest BCUT2D eigenvalue weighted by molar-refractivity contribution is 8.18. The maximum Gasteiger partial charge on any atom is 0.286 e. The molecule has 0 aliphatic carbocycles. The molecule has 2 N–H and O–H groups in total. The van der Waals surface area contributed by atoms with Crippen molar-refractivity contribution in [2.24, 2.45) is 4.99 Å². The van der Waals surface area contributed by atoms with Gasteiger partial charge in [0.1, 0.15) is 5.75 Å². The number of amides is 1. The Morgan fingerprint density at radius 1 is 1.19 bits per heavy atom. The van der Waals surface area contributed by atoms with Crippen LogP contribution in [0.1, 0.15) is 37.3 Å². The highest BCUT2D eigenvalue weighted by atomic mass is 32.2. The van der Waals surface area contributed by atoms with Crippen LogP contribution in [0.5, 0.6) is 17.2 Å². The number of rotatable bonds is 6. The Morgan fingerprint density at radius 3 is 2.56 bits per heavy atom. The van der Waals surface area contributed by atoms with Gasteiger partial charge < -0.3 is 19.8 Å². The van der Waals surface area contributed by atoms with Crippen molar-refractivity contribution in [1.82, 2.24) is 4.90 Å². The fourth-order valence-corrected chi connectivity index (χ4v) is 4.16. The van der Waals surface area contributed by atoms with Crippen molar-refractivity contribution in [1.29, 1.82) is 0 Å². The molecular weight excluding hydrogens is 424 g/mol. The Kier molecular flexibility index (Phi) is 7.30. The molecule has 0 radical (unpaired) electrons. The molecule has 1 aliphatic heterocycles. The van der Waals surface area contributed by atoms with Crippen LogP contribution in [-0.2, 0) is 4.79 Å². The number of methoxy groups -OCH3 is 1. The summed E-state index contributed by atoms with van der Waals surface area (Å²) in [5.41, 5.74) is 2.93. The molecular formula is C25H28N2O4S. The lowest BCUT2D eigenvalue weighted by atomic mass is 9.93. The van der Waals surface area contributed by atoms with E-state index in [1.807, 2.05) is 33.2 Å². The monoisotopic (exact) mass is 452 g/mol. The van der Waals surface area contributed by atoms with E-state index >= 15 is 0 Å². The number of carbonyl (C=O) groups excluding carboxylic acids is 1. The largest absolute Gasteiger partial charge is 0.508 e. The van der Waals surface area contributed by atoms with E-state index in [1.54, 1.807) is 29.2 Å². The number of benzene rings is 2. The number of hydrogen-bond acceptors (Lipinski definition) is 6. The van der Waals surface area contributed by atoms with Gasteiger partial charge in [0.15, 0.2) is 16.7 Å². The van der Waals surface area contributed by atoms with Gasteiger partial charge in [0, 0.05) is 31.1 Å². The molecule has 0 spiro atoms. The number of phenols is 2. The van der Waals surface area contributed by atoms with E-state index in [0.717, 1.165) is 23.1 Å². The van der Waals surface area contributed by atoms with Gasteiger partial charge in [0.25, 0.3) is 5.91 Å². The zero-order chi connectivity index (χ0) is 23.4. The quantitative estimate of drug-likeness (QED) is 0.453. The van der Waals surface area contributed by atoms with Gasteiger partial charge in [-0.3, -0.25) is 4.79 Å². The standard InChI is InChI=1S/C25H28N2O4S/c1-6-7-8-15(2)19-12-16(9-10-20(19)28)17-11-18(23(29)21(13-17)31-5)14-22-24(30)26-25(32-22)27(3)4/h7-15,28-29H,6H2,1-5H3/b8-7+,22-14-. The van der Waals surface area contributed by atoms with Crippen LogP contribution in [0.4, 0.5) is 0 Å². The Morgan fingerprint density at radius 2 is 1.94 bits per heavy atom. The van der Waals surface area contributed by atoms with Crippen molar-refractivity contribution in [3.05, 3.63) is 58.5 Å². The molecule has 2 aromatic rings. The first-order chi connectivity index (χ1) is 15.2. The number of aromatic hydroxyl groups is 2. The predicted octanol–water partition coefficient (Wildman–Crippen LogP) is 5.38. The number of allylic oxidation sites excluding steroid dienone is 2. The third-order valence-corrected chi connectivity index (χ3v) is 6.27. The highest BCUT2D eigenvalue weighted by Gasteiger charge is 2.24. The molecule has 0 saturated heterocycles. The molecule has 7 heteroatoms. The van der Waals surface area contributed by atoms with Crippen molar-refractivity contribution in [2.75, 3.05) is 21.2 Å². The molecule has 1 aliphatic rings. The summed E-state index contributed by atoms with van der Waals surface area (Å²) in [7, 11) is 5.13. The van der Waals surface area contributed by atoms with E-state index in [4.69, 9.17) is 4.74 Å². The van der Waals surface area contributed by atoms with Crippen molar-refractivity contribution in [3.8, 4) is 28.4 Å². The Labute approximate surface area is 192 Å². The minimum Gasteiger partial charge on any atom is -0.508 e. The number of amidine groups is 1. The minimum atomic E-state index is -0.342. The Hall–Kier alpha value is -3.19. The summed E-state index contributed by atoms with van der Waals surface area (Å²) in [6.07, 6.45) is 6.69. The molecule has 32 heavy (non-hydrogen) atoms. The number of thioether (sulfide) groups is 1. The number of phenolic OH excluding ortho intramolecular Hbond substituents is 2. The lowest BCUT2D eigenvalue weighted by molar-refractivity contribution is -0.113. The summed E-state index contributed by atoms with van der Waals surface area (Å²) >= 11 is 1.26. The molecule has 1 atom stereocenters. The maximum absolute atomic E-state index is 12.3. The third kappa shape index (κ3) is 4.99. The zero-order valence-corrected chi connectivity index (χ0v) is 19.7. The first kappa shape index (κ1) is 23.5. The van der Waals surface area contributed by atoms with E-state index in [0.29, 0.717) is 21.4 Å². The summed E-state index contributed by atoms with van der Waals surface area (Å²) in [6.45, 7) is 4.10. The molecule has 2 aromatic carbocycles. The van der Waals surface area contributed by atoms with Crippen LogP contribution in [0.3, 0.4) is 0 Å². The summed E-state index contributed by atoms with van der Waals surface area (Å²) < 4.78 is 5.38. The van der Waals surface area contributed by atoms with Gasteiger partial charge >= 0.3 is 0 Å². The number of ether oxygens (including phenoxy) is 1. The van der Waals surface area contributed by atoms with Gasteiger partial charge in [-0.25, -0.2) is 0 Å². The van der Waals surface area contributed by atoms with Crippen LogP contribution in [0.2, 0.25) is 0 Å². The topological polar surface area (TPSA) is 82.4 Å². The van der Waals surface area contributed by atoms with E-state index < -0.39 is 0 Å². The van der Waals surface area contributed by atoms with Gasteiger partial charge in [-0.15, -0.1) is 0 Å². The van der Waals surface area contributed by atoms with Crippen LogP contribution in [0.15, 0.2) is 52.4 Å². The fraction of sp³-hybridized carbons (Fsp3) is 0.280. The summed E-state index contributed by atoms with van der Waals surface area (Å²) in [5.74, 6) is 0.188. The average Bonchev–Trinajstić information content (AvgIpc) is 3.14. The summed E-state index contributed by atoms with van der Waals surface area (Å²) in [5, 5.41) is 21.7. The van der Waals surface area contributed by atoms with Gasteiger partial charge in [-0.1, -0.05) is 32.1 Å². The second kappa shape index (κ2) is 9.96. The van der Waals surface area contributed by atoms with E-state index in [2.05, 4.69) is 24.1 Å². The van der Waals surface area contributed by atoms with Crippen LogP contribution >= 0.6 is 11.8 Å². The minimum absolute atomic E-state index is 0.0459. The van der Waals surface area contributed by atoms with Gasteiger partial charge in [-0.2, -0.15) is 4.99 Å². The molecule has 168 valence electrons. The third-order valence-electron chi connectivity index (χ3n) is 5.11. The fourth-order valence-electron chi connectivity index (χ4n) is 3.33. The van der Waals surface area contributed by atoms with Crippen molar-refractivity contribution in [3.63, 3.8) is 0 Å². The lowest BCUT2D eigenvalue weighted by Gasteiger charge is -2.14. The molecule has 0 bridgehead atoms. The van der Waals surface area contributed by atoms with Crippen LogP contribution in [-0.4, -0.2) is 47.4 Å². The van der Waals surface area contributed by atoms with Crippen LogP contribution in [0, 0.1) is 0 Å². The molecule has 6 nitrogen and oxygen atoms in total. The second-order valence-corrected chi connectivity index (χ2v) is 8.73. The second-order valence-electron chi connectivity index (χ2n) is 7.72. The first-order valence-electron chi connectivity index (χ1n) is 10.4. The van der Waals surface area contributed by atoms with Crippen molar-refractivity contribution >= 4 is 28.9 Å². The van der Waals surface area contributed by atoms with Crippen molar-refractivity contribution < 1.29 is 19.7 Å². The van der Waals surface area contributed by atoms with Gasteiger partial charge in [-0.05, 0) is 59.7 Å². The molecule has 0 fully saturated rings. The number of hydrogen-bond donors (Lipinski definition) is 2. The average molecular weight is 453 g/mol. The molecule has 1 heterocycles. The lowest BCUT2D eigenvalue weighted by Crippen LogP contribution is -2.16. The number of nitrogens with zero attached hydrogens (tertiary/aromatic N) is 2. The maximum atomic E-state index is 12.3. The molecule has 0 aromatic heterocycles. The van der Waals surface area contributed by atoms with E-state index in [1.165, 1.54) is 18.9 Å². The molecule has 3 rings (SSSR count). The van der Waals surface area contributed by atoms with Crippen LogP contribution < -0.4 is 4.74 Å². The normalized spacial score (nSPS) is 16.0. The van der Waals surface area contributed by atoms with Crippen LogP contribution in [0.25, 0.3) is 17.2 Å². The van der Waals surface area contributed by atoms with Gasteiger partial charge in [0.05, 0.1) is 12.0 Å².